The van der Waals surface area contributed by atoms with Crippen molar-refractivity contribution in [2.75, 3.05) is 0 Å². The maximum Gasteiger partial charge on any atom is 0.270 e. The molecule has 0 aliphatic heterocycles. The zero-order valence-electron chi connectivity index (χ0n) is 14.6. The molecule has 0 atom stereocenters. The molecule has 2 aromatic heterocycles. The number of nitrogens with one attached hydrogen (secondary N) is 1. The molecule has 2 aromatic carbocycles. The second kappa shape index (κ2) is 7.74. The third kappa shape index (κ3) is 3.70. The van der Waals surface area contributed by atoms with Crippen LogP contribution in [0.3, 0.4) is 0 Å². The molecule has 0 unspecified atom stereocenters. The van der Waals surface area contributed by atoms with E-state index in [1.54, 1.807) is 46.5 Å². The molecule has 28 heavy (non-hydrogen) atoms. The van der Waals surface area contributed by atoms with Crippen molar-refractivity contribution in [3.05, 3.63) is 94.7 Å². The molecule has 0 saturated heterocycles. The summed E-state index contributed by atoms with van der Waals surface area (Å²) in [5.41, 5.74) is 2.47. The minimum atomic E-state index is -0.888. The van der Waals surface area contributed by atoms with Gasteiger partial charge in [0.1, 0.15) is 5.69 Å². The third-order valence-corrected chi connectivity index (χ3v) is 5.15. The number of hydrogen-bond donors (Lipinski definition) is 1. The van der Waals surface area contributed by atoms with Gasteiger partial charge in [0.05, 0.1) is 19.1 Å². The number of imidazole rings is 1. The molecule has 0 spiro atoms. The smallest absolute Gasteiger partial charge is 0.270 e. The van der Waals surface area contributed by atoms with Gasteiger partial charge in [0.25, 0.3) is 5.91 Å². The molecule has 2 heterocycles. The monoisotopic (exact) mass is 395 g/mol. The molecule has 4 nitrogen and oxygen atoms in total. The molecule has 0 radical (unpaired) electrons. The number of nitrogens with zero attached hydrogens (tertiary/aromatic N) is 2. The largest absolute Gasteiger partial charge is 0.346 e. The lowest BCUT2D eigenvalue weighted by atomic mass is 10.1. The van der Waals surface area contributed by atoms with Crippen LogP contribution < -0.4 is 5.32 Å². The van der Waals surface area contributed by atoms with Crippen molar-refractivity contribution in [3.8, 4) is 16.8 Å². The zero-order valence-corrected chi connectivity index (χ0v) is 15.4. The predicted octanol–water partition coefficient (Wildman–Crippen LogP) is 4.81. The van der Waals surface area contributed by atoms with Gasteiger partial charge in [-0.1, -0.05) is 24.3 Å². The van der Waals surface area contributed by atoms with Crippen LogP contribution in [0.1, 0.15) is 15.4 Å². The summed E-state index contributed by atoms with van der Waals surface area (Å²) in [6.07, 6.45) is 3.07. The van der Waals surface area contributed by atoms with Crippen LogP contribution in [0, 0.1) is 11.6 Å². The Balaban J connectivity index is 1.54. The fourth-order valence-electron chi connectivity index (χ4n) is 2.83. The molecule has 1 amide bonds. The highest BCUT2D eigenvalue weighted by Crippen LogP contribution is 2.23. The standard InChI is InChI=1S/C21H15F2N3OS/c22-18-8-5-15(10-19(18)23)14-3-6-16(7-4-14)26-13-24-12-20(26)21(27)25-11-17-2-1-9-28-17/h1-10,12-13H,11H2,(H,25,27). The van der Waals surface area contributed by atoms with Crippen molar-refractivity contribution >= 4 is 17.2 Å². The highest BCUT2D eigenvalue weighted by molar-refractivity contribution is 7.09. The first-order chi connectivity index (χ1) is 13.6. The van der Waals surface area contributed by atoms with E-state index >= 15 is 0 Å². The van der Waals surface area contributed by atoms with Crippen LogP contribution in [0.2, 0.25) is 0 Å². The van der Waals surface area contributed by atoms with Crippen LogP contribution >= 0.6 is 11.3 Å². The highest BCUT2D eigenvalue weighted by Gasteiger charge is 2.13. The van der Waals surface area contributed by atoms with Gasteiger partial charge in [-0.15, -0.1) is 11.3 Å². The molecule has 0 aliphatic rings. The number of halogens is 2. The van der Waals surface area contributed by atoms with Crippen LogP contribution in [0.5, 0.6) is 0 Å². The molecule has 0 bridgehead atoms. The van der Waals surface area contributed by atoms with Crippen molar-refractivity contribution in [2.45, 2.75) is 6.54 Å². The molecule has 140 valence electrons. The third-order valence-electron chi connectivity index (χ3n) is 4.27. The quantitative estimate of drug-likeness (QED) is 0.527. The summed E-state index contributed by atoms with van der Waals surface area (Å²) in [4.78, 5) is 17.7. The molecular weight excluding hydrogens is 380 g/mol. The first-order valence-electron chi connectivity index (χ1n) is 8.50. The Bertz CT molecular complexity index is 1110. The van der Waals surface area contributed by atoms with E-state index < -0.39 is 11.6 Å². The van der Waals surface area contributed by atoms with E-state index in [9.17, 15) is 13.6 Å². The maximum absolute atomic E-state index is 13.5. The summed E-state index contributed by atoms with van der Waals surface area (Å²) < 4.78 is 28.2. The number of thiophene rings is 1. The van der Waals surface area contributed by atoms with E-state index in [1.807, 2.05) is 17.5 Å². The molecule has 0 fully saturated rings. The molecule has 7 heteroatoms. The summed E-state index contributed by atoms with van der Waals surface area (Å²) in [5.74, 6) is -1.99. The Morgan fingerprint density at radius 3 is 2.54 bits per heavy atom. The molecule has 0 saturated carbocycles. The van der Waals surface area contributed by atoms with E-state index in [-0.39, 0.29) is 5.91 Å². The Labute approximate surface area is 164 Å². The van der Waals surface area contributed by atoms with E-state index in [4.69, 9.17) is 0 Å². The van der Waals surface area contributed by atoms with E-state index in [0.29, 0.717) is 17.8 Å². The lowest BCUT2D eigenvalue weighted by Gasteiger charge is -2.10. The van der Waals surface area contributed by atoms with E-state index in [0.717, 1.165) is 28.3 Å². The summed E-state index contributed by atoms with van der Waals surface area (Å²) in [5, 5.41) is 4.84. The van der Waals surface area contributed by atoms with Crippen LogP contribution in [0.15, 0.2) is 72.5 Å². The summed E-state index contributed by atoms with van der Waals surface area (Å²) in [7, 11) is 0. The van der Waals surface area contributed by atoms with Crippen LogP contribution in [0.25, 0.3) is 16.8 Å². The average Bonchev–Trinajstić information content (AvgIpc) is 3.40. The first kappa shape index (κ1) is 18.1. The number of hydrogen-bond acceptors (Lipinski definition) is 3. The predicted molar refractivity (Wildman–Crippen MR) is 104 cm³/mol. The summed E-state index contributed by atoms with van der Waals surface area (Å²) in [6, 6.07) is 14.8. The molecular formula is C21H15F2N3OS. The lowest BCUT2D eigenvalue weighted by molar-refractivity contribution is 0.0944. The number of carbonyl (C=O) groups excluding carboxylic acids is 1. The summed E-state index contributed by atoms with van der Waals surface area (Å²) >= 11 is 1.58. The number of amides is 1. The Kier molecular flexibility index (Phi) is 4.99. The fraction of sp³-hybridized carbons (Fsp3) is 0.0476. The van der Waals surface area contributed by atoms with Crippen molar-refractivity contribution in [3.63, 3.8) is 0 Å². The topological polar surface area (TPSA) is 46.9 Å². The Morgan fingerprint density at radius 1 is 1.04 bits per heavy atom. The number of benzene rings is 2. The molecule has 4 aromatic rings. The lowest BCUT2D eigenvalue weighted by Crippen LogP contribution is -2.24. The van der Waals surface area contributed by atoms with Gasteiger partial charge in [-0.25, -0.2) is 13.8 Å². The Morgan fingerprint density at radius 2 is 1.82 bits per heavy atom. The van der Waals surface area contributed by atoms with Crippen molar-refractivity contribution in [1.82, 2.24) is 14.9 Å². The highest BCUT2D eigenvalue weighted by atomic mass is 32.1. The fourth-order valence-corrected chi connectivity index (χ4v) is 3.47. The van der Waals surface area contributed by atoms with Gasteiger partial charge in [0.15, 0.2) is 11.6 Å². The van der Waals surface area contributed by atoms with Gasteiger partial charge in [-0.2, -0.15) is 0 Å². The van der Waals surface area contributed by atoms with Crippen molar-refractivity contribution in [1.29, 1.82) is 0 Å². The Hall–Kier alpha value is -3.32. The van der Waals surface area contributed by atoms with Gasteiger partial charge >= 0.3 is 0 Å². The second-order valence-corrected chi connectivity index (χ2v) is 7.12. The van der Waals surface area contributed by atoms with Gasteiger partial charge in [0, 0.05) is 10.6 Å². The normalized spacial score (nSPS) is 10.8. The molecule has 1 N–H and O–H groups in total. The minimum absolute atomic E-state index is 0.226. The van der Waals surface area contributed by atoms with Gasteiger partial charge in [-0.05, 0) is 46.8 Å². The van der Waals surface area contributed by atoms with E-state index in [1.165, 1.54) is 12.3 Å². The van der Waals surface area contributed by atoms with Crippen LogP contribution in [0.4, 0.5) is 8.78 Å². The zero-order chi connectivity index (χ0) is 19.5. The van der Waals surface area contributed by atoms with Gasteiger partial charge < -0.3 is 5.32 Å². The average molecular weight is 395 g/mol. The van der Waals surface area contributed by atoms with E-state index in [2.05, 4.69) is 10.3 Å². The van der Waals surface area contributed by atoms with Gasteiger partial charge in [0.2, 0.25) is 0 Å². The van der Waals surface area contributed by atoms with Crippen molar-refractivity contribution in [2.24, 2.45) is 0 Å². The SMILES string of the molecule is O=C(NCc1cccs1)c1cncn1-c1ccc(-c2ccc(F)c(F)c2)cc1. The van der Waals surface area contributed by atoms with Crippen molar-refractivity contribution < 1.29 is 13.6 Å². The molecule has 4 rings (SSSR count). The number of aromatic nitrogens is 2. The maximum atomic E-state index is 13.5. The molecule has 0 aliphatic carbocycles. The van der Waals surface area contributed by atoms with Crippen LogP contribution in [-0.4, -0.2) is 15.5 Å². The minimum Gasteiger partial charge on any atom is -0.346 e. The van der Waals surface area contributed by atoms with Gasteiger partial charge in [-0.3, -0.25) is 9.36 Å². The number of rotatable bonds is 5. The second-order valence-electron chi connectivity index (χ2n) is 6.09. The number of carbonyl (C=O) groups is 1. The summed E-state index contributed by atoms with van der Waals surface area (Å²) in [6.45, 7) is 0.455. The van der Waals surface area contributed by atoms with Crippen LogP contribution in [-0.2, 0) is 6.54 Å². The first-order valence-corrected chi connectivity index (χ1v) is 9.38.